The fourth-order valence-electron chi connectivity index (χ4n) is 1.33. The third-order valence-electron chi connectivity index (χ3n) is 2.38. The first-order valence-corrected chi connectivity index (χ1v) is 5.94. The summed E-state index contributed by atoms with van der Waals surface area (Å²) in [7, 11) is 0. The lowest BCUT2D eigenvalue weighted by Gasteiger charge is -2.06. The fraction of sp³-hybridized carbons (Fsp3) is 0.429. The summed E-state index contributed by atoms with van der Waals surface area (Å²) in [5.74, 6) is 0.641. The van der Waals surface area contributed by atoms with E-state index in [1.165, 1.54) is 5.56 Å². The highest BCUT2D eigenvalue weighted by Gasteiger charge is 2.05. The molecule has 0 heterocycles. The summed E-state index contributed by atoms with van der Waals surface area (Å²) < 4.78 is 0. The van der Waals surface area contributed by atoms with Crippen LogP contribution in [-0.4, -0.2) is 12.1 Å². The third-order valence-corrected chi connectivity index (χ3v) is 2.38. The number of rotatable bonds is 4. The van der Waals surface area contributed by atoms with Gasteiger partial charge in [-0.15, -0.1) is 0 Å². The first kappa shape index (κ1) is 13.4. The van der Waals surface area contributed by atoms with Gasteiger partial charge in [-0.3, -0.25) is 4.79 Å². The van der Waals surface area contributed by atoms with Crippen LogP contribution in [0.5, 0.6) is 0 Å². The van der Waals surface area contributed by atoms with E-state index in [1.54, 1.807) is 6.21 Å². The fourth-order valence-corrected chi connectivity index (χ4v) is 1.33. The zero-order valence-corrected chi connectivity index (χ0v) is 10.9. The molecule has 3 nitrogen and oxygen atoms in total. The number of carbonyl (C=O) groups is 1. The minimum absolute atomic E-state index is 0.169. The van der Waals surface area contributed by atoms with Crippen molar-refractivity contribution in [2.75, 3.05) is 0 Å². The van der Waals surface area contributed by atoms with Gasteiger partial charge in [-0.2, -0.15) is 5.10 Å². The standard InChI is InChI=1S/C14H20N2O/c1-10(2)9-15-16-14(17)13-7-5-12(6-8-13)11(3)4/h5-11H,1-4H3,(H,16,17)/b15-9+. The molecular weight excluding hydrogens is 212 g/mol. The molecule has 1 aromatic rings. The summed E-state index contributed by atoms with van der Waals surface area (Å²) in [4.78, 5) is 11.7. The molecule has 1 N–H and O–H groups in total. The van der Waals surface area contributed by atoms with Gasteiger partial charge >= 0.3 is 0 Å². The minimum Gasteiger partial charge on any atom is -0.267 e. The molecule has 1 aromatic carbocycles. The molecule has 1 amide bonds. The van der Waals surface area contributed by atoms with Crippen LogP contribution in [0.2, 0.25) is 0 Å². The van der Waals surface area contributed by atoms with Crippen LogP contribution in [0.25, 0.3) is 0 Å². The number of carbonyl (C=O) groups excluding carboxylic acids is 1. The number of nitrogens with zero attached hydrogens (tertiary/aromatic N) is 1. The van der Waals surface area contributed by atoms with E-state index in [0.717, 1.165) is 0 Å². The minimum atomic E-state index is -0.169. The SMILES string of the molecule is CC(C)/C=N/NC(=O)c1ccc(C(C)C)cc1. The van der Waals surface area contributed by atoms with Gasteiger partial charge in [0.25, 0.3) is 5.91 Å². The zero-order chi connectivity index (χ0) is 12.8. The predicted octanol–water partition coefficient (Wildman–Crippen LogP) is 3.18. The van der Waals surface area contributed by atoms with Gasteiger partial charge in [-0.25, -0.2) is 5.43 Å². The van der Waals surface area contributed by atoms with Crippen molar-refractivity contribution >= 4 is 12.1 Å². The number of hydrogen-bond acceptors (Lipinski definition) is 2. The molecule has 0 aliphatic carbocycles. The van der Waals surface area contributed by atoms with E-state index in [4.69, 9.17) is 0 Å². The second-order valence-corrected chi connectivity index (χ2v) is 4.74. The number of nitrogens with one attached hydrogen (secondary N) is 1. The molecule has 0 radical (unpaired) electrons. The van der Waals surface area contributed by atoms with Gasteiger partial charge in [0.15, 0.2) is 0 Å². The van der Waals surface area contributed by atoms with Gasteiger partial charge in [-0.1, -0.05) is 39.8 Å². The monoisotopic (exact) mass is 232 g/mol. The molecule has 17 heavy (non-hydrogen) atoms. The number of hydrazone groups is 1. The number of hydrogen-bond donors (Lipinski definition) is 1. The van der Waals surface area contributed by atoms with Gasteiger partial charge in [-0.05, 0) is 29.5 Å². The van der Waals surface area contributed by atoms with Crippen molar-refractivity contribution in [3.8, 4) is 0 Å². The molecule has 0 bridgehead atoms. The first-order chi connectivity index (χ1) is 8.00. The number of benzene rings is 1. The van der Waals surface area contributed by atoms with E-state index in [1.807, 2.05) is 38.1 Å². The zero-order valence-electron chi connectivity index (χ0n) is 10.9. The molecule has 0 atom stereocenters. The lowest BCUT2D eigenvalue weighted by molar-refractivity contribution is 0.0955. The molecule has 0 saturated carbocycles. The van der Waals surface area contributed by atoms with E-state index in [0.29, 0.717) is 17.4 Å². The summed E-state index contributed by atoms with van der Waals surface area (Å²) in [5, 5.41) is 3.88. The number of amides is 1. The molecule has 0 aliphatic rings. The molecule has 0 spiro atoms. The van der Waals surface area contributed by atoms with Crippen molar-refractivity contribution in [1.82, 2.24) is 5.43 Å². The Morgan fingerprint density at radius 1 is 1.18 bits per heavy atom. The lowest BCUT2D eigenvalue weighted by atomic mass is 10.0. The summed E-state index contributed by atoms with van der Waals surface area (Å²) in [6, 6.07) is 7.61. The average molecular weight is 232 g/mol. The normalized spacial score (nSPS) is 11.4. The van der Waals surface area contributed by atoms with Crippen LogP contribution in [0.15, 0.2) is 29.4 Å². The molecule has 0 fully saturated rings. The highest BCUT2D eigenvalue weighted by atomic mass is 16.2. The maximum absolute atomic E-state index is 11.7. The van der Waals surface area contributed by atoms with Gasteiger partial charge < -0.3 is 0 Å². The second-order valence-electron chi connectivity index (χ2n) is 4.74. The van der Waals surface area contributed by atoms with Crippen LogP contribution in [0, 0.1) is 5.92 Å². The average Bonchev–Trinajstić information content (AvgIpc) is 2.28. The van der Waals surface area contributed by atoms with E-state index in [2.05, 4.69) is 24.4 Å². The Morgan fingerprint density at radius 3 is 2.24 bits per heavy atom. The van der Waals surface area contributed by atoms with E-state index in [9.17, 15) is 4.79 Å². The predicted molar refractivity (Wildman–Crippen MR) is 71.3 cm³/mol. The molecule has 0 aliphatic heterocycles. The molecule has 92 valence electrons. The van der Waals surface area contributed by atoms with Gasteiger partial charge in [0.1, 0.15) is 0 Å². The van der Waals surface area contributed by atoms with Crippen LogP contribution in [0.3, 0.4) is 0 Å². The van der Waals surface area contributed by atoms with Gasteiger partial charge in [0.2, 0.25) is 0 Å². The Balaban J connectivity index is 2.64. The van der Waals surface area contributed by atoms with E-state index in [-0.39, 0.29) is 5.91 Å². The van der Waals surface area contributed by atoms with Crippen molar-refractivity contribution in [3.05, 3.63) is 35.4 Å². The first-order valence-electron chi connectivity index (χ1n) is 5.94. The Hall–Kier alpha value is -1.64. The van der Waals surface area contributed by atoms with Crippen molar-refractivity contribution in [2.24, 2.45) is 11.0 Å². The second kappa shape index (κ2) is 6.18. The third kappa shape index (κ3) is 4.39. The van der Waals surface area contributed by atoms with Crippen molar-refractivity contribution in [2.45, 2.75) is 33.6 Å². The molecule has 0 saturated heterocycles. The maximum Gasteiger partial charge on any atom is 0.271 e. The van der Waals surface area contributed by atoms with Crippen LogP contribution in [0.1, 0.15) is 49.5 Å². The van der Waals surface area contributed by atoms with Crippen molar-refractivity contribution < 1.29 is 4.79 Å². The Morgan fingerprint density at radius 2 is 1.76 bits per heavy atom. The Kier molecular flexibility index (Phi) is 4.88. The summed E-state index contributed by atoms with van der Waals surface area (Å²) in [6.45, 7) is 8.27. The van der Waals surface area contributed by atoms with Crippen LogP contribution < -0.4 is 5.43 Å². The molecule has 1 rings (SSSR count). The van der Waals surface area contributed by atoms with Crippen molar-refractivity contribution in [1.29, 1.82) is 0 Å². The largest absolute Gasteiger partial charge is 0.271 e. The summed E-state index contributed by atoms with van der Waals surface area (Å²) in [5.41, 5.74) is 4.37. The summed E-state index contributed by atoms with van der Waals surface area (Å²) >= 11 is 0. The molecular formula is C14H20N2O. The quantitative estimate of drug-likeness (QED) is 0.628. The molecule has 0 unspecified atom stereocenters. The van der Waals surface area contributed by atoms with Crippen LogP contribution >= 0.6 is 0 Å². The Labute approximate surface area is 103 Å². The van der Waals surface area contributed by atoms with Crippen LogP contribution in [0.4, 0.5) is 0 Å². The molecule has 0 aromatic heterocycles. The Bertz CT molecular complexity index is 391. The lowest BCUT2D eigenvalue weighted by Crippen LogP contribution is -2.18. The maximum atomic E-state index is 11.7. The van der Waals surface area contributed by atoms with E-state index < -0.39 is 0 Å². The topological polar surface area (TPSA) is 41.5 Å². The molecule has 3 heteroatoms. The van der Waals surface area contributed by atoms with E-state index >= 15 is 0 Å². The van der Waals surface area contributed by atoms with Crippen molar-refractivity contribution in [3.63, 3.8) is 0 Å². The smallest absolute Gasteiger partial charge is 0.267 e. The highest BCUT2D eigenvalue weighted by Crippen LogP contribution is 2.14. The highest BCUT2D eigenvalue weighted by molar-refractivity contribution is 5.94. The van der Waals surface area contributed by atoms with Crippen LogP contribution in [-0.2, 0) is 0 Å². The van der Waals surface area contributed by atoms with Gasteiger partial charge in [0.05, 0.1) is 0 Å². The van der Waals surface area contributed by atoms with Gasteiger partial charge in [0, 0.05) is 11.8 Å². The summed E-state index contributed by atoms with van der Waals surface area (Å²) in [6.07, 6.45) is 1.71.